The van der Waals surface area contributed by atoms with E-state index in [1.165, 1.54) is 0 Å². The number of rotatable bonds is 3. The lowest BCUT2D eigenvalue weighted by atomic mass is 9.82. The highest BCUT2D eigenvalue weighted by Crippen LogP contribution is 2.30. The van der Waals surface area contributed by atoms with Crippen LogP contribution < -0.4 is 0 Å². The molecule has 2 rings (SSSR count). The summed E-state index contributed by atoms with van der Waals surface area (Å²) in [6, 6.07) is 1.76. The van der Waals surface area contributed by atoms with Crippen molar-refractivity contribution in [1.82, 2.24) is 14.7 Å². The number of likely N-dealkylation sites (tertiary alicyclic amines) is 1. The summed E-state index contributed by atoms with van der Waals surface area (Å²) >= 11 is 0. The van der Waals surface area contributed by atoms with E-state index >= 15 is 0 Å². The lowest BCUT2D eigenvalue weighted by Crippen LogP contribution is -2.48. The Balaban J connectivity index is 2.22. The molecular formula is C14H21N3O3. The number of aryl methyl sites for hydroxylation is 2. The molecule has 6 nitrogen and oxygen atoms in total. The predicted molar refractivity (Wildman–Crippen MR) is 73.5 cm³/mol. The molecule has 1 atom stereocenters. The van der Waals surface area contributed by atoms with Crippen LogP contribution in [-0.4, -0.2) is 44.8 Å². The molecule has 1 fully saturated rings. The van der Waals surface area contributed by atoms with Crippen molar-refractivity contribution in [2.45, 2.75) is 40.2 Å². The van der Waals surface area contributed by atoms with Gasteiger partial charge in [0.25, 0.3) is 5.91 Å². The number of carbonyl (C=O) groups is 2. The Kier molecular flexibility index (Phi) is 3.83. The topological polar surface area (TPSA) is 75.4 Å². The highest BCUT2D eigenvalue weighted by atomic mass is 16.4. The molecule has 1 saturated heterocycles. The lowest BCUT2D eigenvalue weighted by Gasteiger charge is -2.37. The molecule has 1 N–H and O–H groups in total. The molecule has 6 heteroatoms. The van der Waals surface area contributed by atoms with Crippen LogP contribution >= 0.6 is 0 Å². The normalized spacial score (nSPS) is 22.9. The number of carboxylic acid groups (broad SMARTS) is 1. The van der Waals surface area contributed by atoms with Crippen molar-refractivity contribution in [3.05, 3.63) is 17.5 Å². The summed E-state index contributed by atoms with van der Waals surface area (Å²) in [5.74, 6) is -0.963. The van der Waals surface area contributed by atoms with Gasteiger partial charge in [0.2, 0.25) is 0 Å². The van der Waals surface area contributed by atoms with Crippen molar-refractivity contribution in [2.75, 3.05) is 13.1 Å². The second kappa shape index (κ2) is 5.26. The third kappa shape index (κ3) is 2.55. The number of carboxylic acids is 1. The van der Waals surface area contributed by atoms with Crippen LogP contribution in [0.3, 0.4) is 0 Å². The van der Waals surface area contributed by atoms with E-state index in [4.69, 9.17) is 0 Å². The fourth-order valence-corrected chi connectivity index (χ4v) is 2.71. The van der Waals surface area contributed by atoms with Gasteiger partial charge < -0.3 is 10.0 Å². The van der Waals surface area contributed by atoms with E-state index in [1.807, 2.05) is 13.8 Å². The van der Waals surface area contributed by atoms with Gasteiger partial charge >= 0.3 is 5.97 Å². The summed E-state index contributed by atoms with van der Waals surface area (Å²) < 4.78 is 1.67. The van der Waals surface area contributed by atoms with Crippen LogP contribution in [0.4, 0.5) is 0 Å². The Morgan fingerprint density at radius 3 is 2.80 bits per heavy atom. The monoisotopic (exact) mass is 279 g/mol. The minimum Gasteiger partial charge on any atom is -0.481 e. The quantitative estimate of drug-likeness (QED) is 0.910. The first-order valence-electron chi connectivity index (χ1n) is 6.94. The second-order valence-electron chi connectivity index (χ2n) is 5.68. The Hall–Kier alpha value is -1.85. The minimum absolute atomic E-state index is 0.125. The average molecular weight is 279 g/mol. The van der Waals surface area contributed by atoms with Gasteiger partial charge in [-0.25, -0.2) is 0 Å². The molecule has 1 unspecified atom stereocenters. The zero-order valence-electron chi connectivity index (χ0n) is 12.2. The first-order chi connectivity index (χ1) is 9.37. The van der Waals surface area contributed by atoms with Crippen LogP contribution in [0.25, 0.3) is 0 Å². The number of aliphatic carboxylic acids is 1. The smallest absolute Gasteiger partial charge is 0.311 e. The Morgan fingerprint density at radius 1 is 1.50 bits per heavy atom. The standard InChI is InChI=1S/C14H21N3O3/c1-4-17-11(8-10(2)15-17)12(18)16-7-5-6-14(3,9-16)13(19)20/h8H,4-7,9H2,1-3H3,(H,19,20). The summed E-state index contributed by atoms with van der Waals surface area (Å²) in [6.45, 7) is 6.97. The SMILES string of the molecule is CCn1nc(C)cc1C(=O)N1CCCC(C)(C(=O)O)C1. The first-order valence-corrected chi connectivity index (χ1v) is 6.94. The lowest BCUT2D eigenvalue weighted by molar-refractivity contribution is -0.150. The molecule has 0 saturated carbocycles. The third-order valence-electron chi connectivity index (χ3n) is 3.92. The van der Waals surface area contributed by atoms with Crippen LogP contribution in [0, 0.1) is 12.3 Å². The highest BCUT2D eigenvalue weighted by Gasteiger charge is 2.40. The maximum atomic E-state index is 12.6. The number of carbonyl (C=O) groups excluding carboxylic acids is 1. The summed E-state index contributed by atoms with van der Waals surface area (Å²) in [4.78, 5) is 25.6. The first kappa shape index (κ1) is 14.6. The molecule has 1 amide bonds. The van der Waals surface area contributed by atoms with Crippen LogP contribution in [0.5, 0.6) is 0 Å². The van der Waals surface area contributed by atoms with Crippen molar-refractivity contribution in [3.63, 3.8) is 0 Å². The Labute approximate surface area is 118 Å². The minimum atomic E-state index is -0.847. The van der Waals surface area contributed by atoms with Gasteiger partial charge in [-0.1, -0.05) is 0 Å². The van der Waals surface area contributed by atoms with E-state index in [9.17, 15) is 14.7 Å². The highest BCUT2D eigenvalue weighted by molar-refractivity contribution is 5.93. The van der Waals surface area contributed by atoms with E-state index < -0.39 is 11.4 Å². The molecular weight excluding hydrogens is 258 g/mol. The molecule has 110 valence electrons. The Morgan fingerprint density at radius 2 is 2.20 bits per heavy atom. The van der Waals surface area contributed by atoms with Crippen molar-refractivity contribution in [1.29, 1.82) is 0 Å². The van der Waals surface area contributed by atoms with Crippen molar-refractivity contribution >= 4 is 11.9 Å². The van der Waals surface area contributed by atoms with Crippen molar-refractivity contribution < 1.29 is 14.7 Å². The number of nitrogens with zero attached hydrogens (tertiary/aromatic N) is 3. The van der Waals surface area contributed by atoms with Gasteiger partial charge in [0.1, 0.15) is 5.69 Å². The fraction of sp³-hybridized carbons (Fsp3) is 0.643. The number of amides is 1. The summed E-state index contributed by atoms with van der Waals surface area (Å²) in [6.07, 6.45) is 1.33. The maximum Gasteiger partial charge on any atom is 0.311 e. The molecule has 0 aliphatic carbocycles. The molecule has 20 heavy (non-hydrogen) atoms. The molecule has 1 aliphatic rings. The van der Waals surface area contributed by atoms with Gasteiger partial charge in [-0.05, 0) is 39.7 Å². The van der Waals surface area contributed by atoms with E-state index in [0.717, 1.165) is 5.69 Å². The fourth-order valence-electron chi connectivity index (χ4n) is 2.71. The zero-order valence-corrected chi connectivity index (χ0v) is 12.2. The second-order valence-corrected chi connectivity index (χ2v) is 5.68. The maximum absolute atomic E-state index is 12.6. The van der Waals surface area contributed by atoms with Crippen LogP contribution in [0.15, 0.2) is 6.07 Å². The number of hydrogen-bond acceptors (Lipinski definition) is 3. The molecule has 2 heterocycles. The van der Waals surface area contributed by atoms with E-state index in [1.54, 1.807) is 22.6 Å². The number of piperidine rings is 1. The molecule has 0 spiro atoms. The van der Waals surface area contributed by atoms with E-state index in [0.29, 0.717) is 31.6 Å². The van der Waals surface area contributed by atoms with Crippen LogP contribution in [-0.2, 0) is 11.3 Å². The zero-order chi connectivity index (χ0) is 14.9. The number of hydrogen-bond donors (Lipinski definition) is 1. The summed E-state index contributed by atoms with van der Waals surface area (Å²) in [5.41, 5.74) is 0.493. The van der Waals surface area contributed by atoms with Gasteiger partial charge in [0, 0.05) is 19.6 Å². The molecule has 0 bridgehead atoms. The van der Waals surface area contributed by atoms with Gasteiger partial charge in [-0.15, -0.1) is 0 Å². The Bertz CT molecular complexity index is 538. The van der Waals surface area contributed by atoms with E-state index in [2.05, 4.69) is 5.10 Å². The molecule has 0 aromatic carbocycles. The van der Waals surface area contributed by atoms with Gasteiger partial charge in [-0.2, -0.15) is 5.10 Å². The molecule has 0 radical (unpaired) electrons. The average Bonchev–Trinajstić information content (AvgIpc) is 2.79. The molecule has 1 aromatic rings. The van der Waals surface area contributed by atoms with Crippen LogP contribution in [0.2, 0.25) is 0 Å². The van der Waals surface area contributed by atoms with Crippen molar-refractivity contribution in [3.8, 4) is 0 Å². The van der Waals surface area contributed by atoms with Gasteiger partial charge in [0.05, 0.1) is 11.1 Å². The molecule has 1 aliphatic heterocycles. The van der Waals surface area contributed by atoms with Crippen molar-refractivity contribution in [2.24, 2.45) is 5.41 Å². The summed E-state index contributed by atoms with van der Waals surface area (Å²) in [7, 11) is 0. The molecule has 1 aromatic heterocycles. The predicted octanol–water partition coefficient (Wildman–Crippen LogP) is 1.54. The third-order valence-corrected chi connectivity index (χ3v) is 3.92. The number of aromatic nitrogens is 2. The van der Waals surface area contributed by atoms with E-state index in [-0.39, 0.29) is 12.5 Å². The summed E-state index contributed by atoms with van der Waals surface area (Å²) in [5, 5.41) is 13.6. The van der Waals surface area contributed by atoms with Gasteiger partial charge in [0.15, 0.2) is 0 Å². The largest absolute Gasteiger partial charge is 0.481 e. The van der Waals surface area contributed by atoms with Crippen LogP contribution in [0.1, 0.15) is 42.9 Å². The van der Waals surface area contributed by atoms with Gasteiger partial charge in [-0.3, -0.25) is 14.3 Å².